The van der Waals surface area contributed by atoms with Crippen LogP contribution in [0.15, 0.2) is 47.8 Å². The van der Waals surface area contributed by atoms with E-state index in [2.05, 4.69) is 25.0 Å². The first-order valence-corrected chi connectivity index (χ1v) is 9.72. The quantitative estimate of drug-likeness (QED) is 0.741. The highest BCUT2D eigenvalue weighted by molar-refractivity contribution is 8.14. The van der Waals surface area contributed by atoms with Gasteiger partial charge in [0, 0.05) is 29.5 Å². The third kappa shape index (κ3) is 8.10. The van der Waals surface area contributed by atoms with Crippen molar-refractivity contribution in [1.29, 1.82) is 5.26 Å². The number of thioether (sulfide) groups is 1. The summed E-state index contributed by atoms with van der Waals surface area (Å²) in [6.45, 7) is -0.763. The lowest BCUT2D eigenvalue weighted by atomic mass is 10.2. The van der Waals surface area contributed by atoms with Gasteiger partial charge in [0.2, 0.25) is 0 Å². The summed E-state index contributed by atoms with van der Waals surface area (Å²) in [6, 6.07) is 8.47. The van der Waals surface area contributed by atoms with E-state index in [1.54, 1.807) is 30.6 Å². The maximum Gasteiger partial charge on any atom is 0.345 e. The number of hydrogen-bond acceptors (Lipinski definition) is 8. The van der Waals surface area contributed by atoms with Gasteiger partial charge < -0.3 is 15.8 Å². The zero-order chi connectivity index (χ0) is 21.9. The Hall–Kier alpha value is -3.10. The van der Waals surface area contributed by atoms with E-state index in [4.69, 9.17) is 11.0 Å². The Bertz CT molecular complexity index is 890. The number of ether oxygens (including phenoxy) is 1. The predicted molar refractivity (Wildman–Crippen MR) is 110 cm³/mol. The normalized spacial score (nSPS) is 17.9. The summed E-state index contributed by atoms with van der Waals surface area (Å²) in [7, 11) is 0. The van der Waals surface area contributed by atoms with Crippen molar-refractivity contribution >= 4 is 28.5 Å². The van der Waals surface area contributed by atoms with E-state index in [-0.39, 0.29) is 29.5 Å². The molecule has 3 rings (SSSR count). The van der Waals surface area contributed by atoms with Crippen molar-refractivity contribution in [3.05, 3.63) is 54.1 Å². The van der Waals surface area contributed by atoms with E-state index < -0.39 is 6.61 Å². The Balaban J connectivity index is 0.000000222. The van der Waals surface area contributed by atoms with Crippen molar-refractivity contribution in [3.63, 3.8) is 0 Å². The van der Waals surface area contributed by atoms with E-state index in [1.165, 1.54) is 24.0 Å². The molecule has 2 aromatic heterocycles. The van der Waals surface area contributed by atoms with E-state index in [9.17, 15) is 13.6 Å². The van der Waals surface area contributed by atoms with Gasteiger partial charge in [0.15, 0.2) is 5.17 Å². The molecule has 11 heteroatoms. The number of amidine groups is 1. The summed E-state index contributed by atoms with van der Waals surface area (Å²) < 4.78 is 27.6. The summed E-state index contributed by atoms with van der Waals surface area (Å²) in [4.78, 5) is 23.6. The van der Waals surface area contributed by atoms with Crippen molar-refractivity contribution in [2.45, 2.75) is 31.2 Å². The molecule has 0 bridgehead atoms. The molecule has 158 valence electrons. The second-order valence-electron chi connectivity index (χ2n) is 6.12. The van der Waals surface area contributed by atoms with Gasteiger partial charge in [-0.2, -0.15) is 14.0 Å². The molecule has 3 heterocycles. The summed E-state index contributed by atoms with van der Waals surface area (Å²) in [5.74, 6) is -0.319. The molecule has 0 fully saturated rings. The van der Waals surface area contributed by atoms with E-state index in [0.717, 1.165) is 6.42 Å². The van der Waals surface area contributed by atoms with Gasteiger partial charge in [0.25, 0.3) is 5.91 Å². The van der Waals surface area contributed by atoms with E-state index in [1.807, 2.05) is 13.0 Å². The van der Waals surface area contributed by atoms with Crippen LogP contribution in [0.1, 0.15) is 29.4 Å². The van der Waals surface area contributed by atoms with Crippen LogP contribution < -0.4 is 11.1 Å². The molecule has 0 saturated heterocycles. The maximum atomic E-state index is 11.7. The minimum atomic E-state index is -2.70. The van der Waals surface area contributed by atoms with Gasteiger partial charge in [-0.25, -0.2) is 4.98 Å². The Kier molecular flexibility index (Phi) is 9.11. The molecule has 0 unspecified atom stereocenters. The average molecular weight is 434 g/mol. The molecule has 2 aromatic rings. The first kappa shape index (κ1) is 23.2. The topological polar surface area (TPSA) is 126 Å². The highest BCUT2D eigenvalue weighted by atomic mass is 32.2. The lowest BCUT2D eigenvalue weighted by molar-refractivity contribution is -0.128. The fourth-order valence-electron chi connectivity index (χ4n) is 2.41. The fraction of sp³-hybridized carbons (Fsp3) is 0.316. The van der Waals surface area contributed by atoms with Gasteiger partial charge >= 0.3 is 6.61 Å². The van der Waals surface area contributed by atoms with Crippen molar-refractivity contribution in [3.8, 4) is 6.07 Å². The van der Waals surface area contributed by atoms with Crippen LogP contribution in [-0.4, -0.2) is 45.6 Å². The number of carbonyl (C=O) groups excluding carboxylic acids is 1. The molecule has 0 saturated carbocycles. The lowest BCUT2D eigenvalue weighted by Crippen LogP contribution is -2.28. The van der Waals surface area contributed by atoms with E-state index >= 15 is 0 Å². The highest BCUT2D eigenvalue weighted by Crippen LogP contribution is 2.24. The van der Waals surface area contributed by atoms with Crippen LogP contribution in [0.5, 0.6) is 0 Å². The van der Waals surface area contributed by atoms with Crippen LogP contribution in [0.3, 0.4) is 0 Å². The molecule has 2 atom stereocenters. The number of aromatic nitrogens is 2. The molecule has 8 nitrogen and oxygen atoms in total. The number of pyridine rings is 2. The Labute approximate surface area is 176 Å². The van der Waals surface area contributed by atoms with Crippen LogP contribution in [0, 0.1) is 11.3 Å². The van der Waals surface area contributed by atoms with Crippen molar-refractivity contribution in [1.82, 2.24) is 9.97 Å². The molecule has 1 aliphatic heterocycles. The number of amides is 1. The molecule has 30 heavy (non-hydrogen) atoms. The summed E-state index contributed by atoms with van der Waals surface area (Å²) in [5, 5.41) is 11.7. The van der Waals surface area contributed by atoms with Crippen molar-refractivity contribution in [2.24, 2.45) is 10.7 Å². The average Bonchev–Trinajstić information content (AvgIpc) is 2.73. The molecular formula is C19H20F2N6O2S. The smallest absolute Gasteiger partial charge is 0.345 e. The second kappa shape index (κ2) is 11.8. The maximum absolute atomic E-state index is 11.7. The molecule has 3 N–H and O–H groups in total. The van der Waals surface area contributed by atoms with Crippen LogP contribution in [-0.2, 0) is 4.74 Å². The minimum Gasteiger partial charge on any atom is -0.379 e. The Morgan fingerprint density at radius 2 is 2.13 bits per heavy atom. The first-order chi connectivity index (χ1) is 14.4. The Morgan fingerprint density at radius 1 is 1.40 bits per heavy atom. The monoisotopic (exact) mass is 434 g/mol. The third-order valence-corrected chi connectivity index (χ3v) is 4.72. The van der Waals surface area contributed by atoms with Crippen molar-refractivity contribution in [2.75, 3.05) is 11.9 Å². The molecule has 1 amide bonds. The number of carbonyl (C=O) groups is 1. The molecule has 0 aliphatic carbocycles. The number of halogens is 2. The number of hydrogen-bond donors (Lipinski definition) is 2. The van der Waals surface area contributed by atoms with Crippen LogP contribution in [0.25, 0.3) is 0 Å². The SMILES string of the molecule is C[C@H]1C[C@@H](COC(F)F)SC(N)=N1.N#Cc1ccc(C(=O)Nc2ccncc2)nc1. The van der Waals surface area contributed by atoms with Crippen LogP contribution in [0.2, 0.25) is 0 Å². The largest absolute Gasteiger partial charge is 0.379 e. The number of anilines is 1. The molecule has 0 spiro atoms. The minimum absolute atomic E-state index is 0.00139. The zero-order valence-corrected chi connectivity index (χ0v) is 16.9. The first-order valence-electron chi connectivity index (χ1n) is 8.84. The highest BCUT2D eigenvalue weighted by Gasteiger charge is 2.21. The van der Waals surface area contributed by atoms with Gasteiger partial charge in [-0.15, -0.1) is 0 Å². The van der Waals surface area contributed by atoms with Gasteiger partial charge in [0.1, 0.15) is 11.8 Å². The number of nitriles is 1. The summed E-state index contributed by atoms with van der Waals surface area (Å²) >= 11 is 1.30. The second-order valence-corrected chi connectivity index (χ2v) is 7.44. The van der Waals surface area contributed by atoms with Gasteiger partial charge in [-0.3, -0.25) is 14.8 Å². The number of nitrogens with zero attached hydrogens (tertiary/aromatic N) is 4. The predicted octanol–water partition coefficient (Wildman–Crippen LogP) is 3.03. The van der Waals surface area contributed by atoms with Gasteiger partial charge in [-0.1, -0.05) is 11.8 Å². The number of nitrogens with two attached hydrogens (primary N) is 1. The number of alkyl halides is 2. The number of rotatable bonds is 5. The van der Waals surface area contributed by atoms with Crippen LogP contribution >= 0.6 is 11.8 Å². The molecule has 0 aromatic carbocycles. The van der Waals surface area contributed by atoms with Gasteiger partial charge in [0.05, 0.1) is 18.2 Å². The summed E-state index contributed by atoms with van der Waals surface area (Å²) in [6.07, 6.45) is 5.27. The van der Waals surface area contributed by atoms with E-state index in [0.29, 0.717) is 16.4 Å². The number of aliphatic imine (C=N–C) groups is 1. The van der Waals surface area contributed by atoms with Gasteiger partial charge in [-0.05, 0) is 37.6 Å². The molecule has 1 aliphatic rings. The molecular weight excluding hydrogens is 414 g/mol. The molecule has 0 radical (unpaired) electrons. The third-order valence-electron chi connectivity index (χ3n) is 3.71. The number of nitrogens with one attached hydrogen (secondary N) is 1. The zero-order valence-electron chi connectivity index (χ0n) is 16.0. The fourth-order valence-corrected chi connectivity index (χ4v) is 3.51. The van der Waals surface area contributed by atoms with Crippen LogP contribution in [0.4, 0.5) is 14.5 Å². The van der Waals surface area contributed by atoms with Crippen molar-refractivity contribution < 1.29 is 18.3 Å². The lowest BCUT2D eigenvalue weighted by Gasteiger charge is -2.23. The Morgan fingerprint density at radius 3 is 2.70 bits per heavy atom. The summed E-state index contributed by atoms with van der Waals surface area (Å²) in [5.41, 5.74) is 6.83. The standard InChI is InChI=1S/C12H8N4O.C7H12F2N2OS/c13-7-9-1-2-11(15-8-9)12(17)16-10-3-5-14-6-4-10;1-4-2-5(3-12-6(8)9)13-7(10)11-4/h1-6,8H,(H,14,16,17);4-6H,2-3H2,1H3,(H2,10,11)/t;4-,5-/m.0/s1.